The summed E-state index contributed by atoms with van der Waals surface area (Å²) >= 11 is 1.55. The molecule has 0 N–H and O–H groups in total. The van der Waals surface area contributed by atoms with Gasteiger partial charge in [0.25, 0.3) is 0 Å². The van der Waals surface area contributed by atoms with Crippen LogP contribution in [0.3, 0.4) is 0 Å². The van der Waals surface area contributed by atoms with E-state index in [1.54, 1.807) is 16.7 Å². The predicted octanol–water partition coefficient (Wildman–Crippen LogP) is 3.20. The van der Waals surface area contributed by atoms with Crippen molar-refractivity contribution in [2.45, 2.75) is 19.8 Å². The Morgan fingerprint density at radius 3 is 2.79 bits per heavy atom. The average molecular weight is 277 g/mol. The molecule has 2 rings (SSSR count). The van der Waals surface area contributed by atoms with Crippen LogP contribution >= 0.6 is 11.8 Å². The molecule has 1 aliphatic heterocycles. The number of amides is 1. The van der Waals surface area contributed by atoms with E-state index in [2.05, 4.69) is 6.92 Å². The summed E-state index contributed by atoms with van der Waals surface area (Å²) < 4.78 is 5.65. The second kappa shape index (κ2) is 7.24. The summed E-state index contributed by atoms with van der Waals surface area (Å²) in [7, 11) is 0. The highest BCUT2D eigenvalue weighted by Gasteiger charge is 2.13. The van der Waals surface area contributed by atoms with Crippen LogP contribution in [-0.2, 0) is 4.79 Å². The van der Waals surface area contributed by atoms with Gasteiger partial charge in [0.15, 0.2) is 0 Å². The smallest absolute Gasteiger partial charge is 0.236 e. The first-order valence-electron chi connectivity index (χ1n) is 6.53. The summed E-state index contributed by atoms with van der Waals surface area (Å²) in [5.41, 5.74) is 1.24. The number of rotatable bonds is 6. The third-order valence-electron chi connectivity index (χ3n) is 2.95. The number of carbonyl (C=O) groups excluding carboxylic acids is 1. The highest BCUT2D eigenvalue weighted by molar-refractivity contribution is 8.02. The number of hydrogen-bond acceptors (Lipinski definition) is 3. The molecular weight excluding hydrogens is 258 g/mol. The Morgan fingerprint density at radius 1 is 1.26 bits per heavy atom. The maximum atomic E-state index is 11.5. The van der Waals surface area contributed by atoms with Crippen LogP contribution in [0.15, 0.2) is 35.9 Å². The van der Waals surface area contributed by atoms with Gasteiger partial charge in [0.05, 0.1) is 12.4 Å². The first-order valence-corrected chi connectivity index (χ1v) is 7.58. The zero-order chi connectivity index (χ0) is 13.5. The van der Waals surface area contributed by atoms with Crippen molar-refractivity contribution in [1.29, 1.82) is 0 Å². The molecule has 0 atom stereocenters. The molecule has 1 aromatic carbocycles. The summed E-state index contributed by atoms with van der Waals surface area (Å²) in [6, 6.07) is 8.07. The van der Waals surface area contributed by atoms with Gasteiger partial charge in [0.1, 0.15) is 5.75 Å². The van der Waals surface area contributed by atoms with Gasteiger partial charge in [-0.2, -0.15) is 0 Å². The number of benzene rings is 1. The molecule has 0 radical (unpaired) electrons. The summed E-state index contributed by atoms with van der Waals surface area (Å²) in [6.45, 7) is 3.54. The normalized spacial score (nSPS) is 14.8. The Kier molecular flexibility index (Phi) is 5.33. The van der Waals surface area contributed by atoms with Crippen molar-refractivity contribution in [1.82, 2.24) is 4.90 Å². The predicted molar refractivity (Wildman–Crippen MR) is 79.2 cm³/mol. The number of nitrogens with zero attached hydrogens (tertiary/aromatic N) is 1. The molecular formula is C15H19NO2S. The molecule has 0 unspecified atom stereocenters. The fourth-order valence-corrected chi connectivity index (χ4v) is 2.45. The van der Waals surface area contributed by atoms with Crippen LogP contribution in [0.25, 0.3) is 0 Å². The number of ether oxygens (including phenoxy) is 1. The molecule has 0 bridgehead atoms. The van der Waals surface area contributed by atoms with E-state index in [0.717, 1.165) is 25.1 Å². The lowest BCUT2D eigenvalue weighted by Gasteiger charge is -2.20. The zero-order valence-electron chi connectivity index (χ0n) is 11.2. The molecule has 0 aromatic heterocycles. The van der Waals surface area contributed by atoms with E-state index in [-0.39, 0.29) is 5.91 Å². The van der Waals surface area contributed by atoms with Gasteiger partial charge in [-0.1, -0.05) is 17.7 Å². The topological polar surface area (TPSA) is 29.5 Å². The standard InChI is InChI=1S/C15H19NO2S/c1-13-4-6-14(7-5-13)18-10-3-2-8-16-9-11-19-12-15(16)17/h4-7,9,11H,2-3,8,10,12H2,1H3. The summed E-state index contributed by atoms with van der Waals surface area (Å²) in [4.78, 5) is 13.3. The van der Waals surface area contributed by atoms with Crippen molar-refractivity contribution < 1.29 is 9.53 Å². The van der Waals surface area contributed by atoms with E-state index < -0.39 is 0 Å². The van der Waals surface area contributed by atoms with Crippen LogP contribution in [0.5, 0.6) is 5.75 Å². The molecule has 0 aliphatic carbocycles. The van der Waals surface area contributed by atoms with E-state index in [4.69, 9.17) is 4.74 Å². The number of hydrogen-bond donors (Lipinski definition) is 0. The molecule has 19 heavy (non-hydrogen) atoms. The quantitative estimate of drug-likeness (QED) is 0.748. The van der Waals surface area contributed by atoms with Crippen molar-refractivity contribution in [2.24, 2.45) is 0 Å². The minimum Gasteiger partial charge on any atom is -0.494 e. The van der Waals surface area contributed by atoms with Gasteiger partial charge in [-0.3, -0.25) is 4.79 Å². The highest BCUT2D eigenvalue weighted by Crippen LogP contribution is 2.14. The largest absolute Gasteiger partial charge is 0.494 e. The summed E-state index contributed by atoms with van der Waals surface area (Å²) in [5, 5.41) is 1.98. The van der Waals surface area contributed by atoms with Crippen LogP contribution in [0, 0.1) is 6.92 Å². The van der Waals surface area contributed by atoms with E-state index >= 15 is 0 Å². The minimum absolute atomic E-state index is 0.201. The van der Waals surface area contributed by atoms with Gasteiger partial charge in [-0.05, 0) is 37.3 Å². The Labute approximate surface area is 118 Å². The van der Waals surface area contributed by atoms with E-state index in [0.29, 0.717) is 12.4 Å². The Hall–Kier alpha value is -1.42. The first-order chi connectivity index (χ1) is 9.25. The van der Waals surface area contributed by atoms with Gasteiger partial charge >= 0.3 is 0 Å². The molecule has 102 valence electrons. The maximum absolute atomic E-state index is 11.5. The molecule has 3 nitrogen and oxygen atoms in total. The Balaban J connectivity index is 1.62. The number of aryl methyl sites for hydroxylation is 1. The van der Waals surface area contributed by atoms with Gasteiger partial charge in [0.2, 0.25) is 5.91 Å². The van der Waals surface area contributed by atoms with E-state index in [1.807, 2.05) is 35.9 Å². The summed E-state index contributed by atoms with van der Waals surface area (Å²) in [6.07, 6.45) is 3.79. The number of carbonyl (C=O) groups is 1. The minimum atomic E-state index is 0.201. The zero-order valence-corrected chi connectivity index (χ0v) is 12.0. The molecule has 0 spiro atoms. The SMILES string of the molecule is Cc1ccc(OCCCCN2C=CSCC2=O)cc1. The van der Waals surface area contributed by atoms with Crippen molar-refractivity contribution >= 4 is 17.7 Å². The molecule has 1 aromatic rings. The van der Waals surface area contributed by atoms with E-state index in [1.165, 1.54) is 5.56 Å². The number of thioether (sulfide) groups is 1. The monoisotopic (exact) mass is 277 g/mol. The summed E-state index contributed by atoms with van der Waals surface area (Å²) in [5.74, 6) is 1.68. The molecule has 1 aliphatic rings. The Bertz CT molecular complexity index is 442. The van der Waals surface area contributed by atoms with Crippen molar-refractivity contribution in [3.05, 3.63) is 41.4 Å². The lowest BCUT2D eigenvalue weighted by molar-refractivity contribution is -0.126. The van der Waals surface area contributed by atoms with Crippen LogP contribution < -0.4 is 4.74 Å². The third-order valence-corrected chi connectivity index (χ3v) is 3.68. The van der Waals surface area contributed by atoms with Gasteiger partial charge in [-0.25, -0.2) is 0 Å². The van der Waals surface area contributed by atoms with Gasteiger partial charge in [-0.15, -0.1) is 11.8 Å². The van der Waals surface area contributed by atoms with Crippen LogP contribution in [-0.4, -0.2) is 29.7 Å². The van der Waals surface area contributed by atoms with Gasteiger partial charge in [0, 0.05) is 12.7 Å². The molecule has 1 amide bonds. The lowest BCUT2D eigenvalue weighted by Crippen LogP contribution is -2.30. The average Bonchev–Trinajstić information content (AvgIpc) is 2.42. The molecule has 4 heteroatoms. The second-order valence-corrected chi connectivity index (χ2v) is 5.45. The molecule has 0 fully saturated rings. The van der Waals surface area contributed by atoms with Crippen LogP contribution in [0.4, 0.5) is 0 Å². The fourth-order valence-electron chi connectivity index (χ4n) is 1.81. The lowest BCUT2D eigenvalue weighted by atomic mass is 10.2. The van der Waals surface area contributed by atoms with Crippen LogP contribution in [0.2, 0.25) is 0 Å². The molecule has 1 heterocycles. The maximum Gasteiger partial charge on any atom is 0.236 e. The number of unbranched alkanes of at least 4 members (excludes halogenated alkanes) is 1. The fraction of sp³-hybridized carbons (Fsp3) is 0.400. The van der Waals surface area contributed by atoms with Crippen molar-refractivity contribution in [3.8, 4) is 5.75 Å². The molecule has 0 saturated carbocycles. The Morgan fingerprint density at radius 2 is 2.05 bits per heavy atom. The van der Waals surface area contributed by atoms with Gasteiger partial charge < -0.3 is 9.64 Å². The van der Waals surface area contributed by atoms with Crippen LogP contribution in [0.1, 0.15) is 18.4 Å². The molecule has 0 saturated heterocycles. The third kappa shape index (κ3) is 4.63. The van der Waals surface area contributed by atoms with Crippen molar-refractivity contribution in [3.63, 3.8) is 0 Å². The highest BCUT2D eigenvalue weighted by atomic mass is 32.2. The van der Waals surface area contributed by atoms with Crippen molar-refractivity contribution in [2.75, 3.05) is 18.9 Å². The first kappa shape index (κ1) is 14.0. The van der Waals surface area contributed by atoms with E-state index in [9.17, 15) is 4.79 Å². The second-order valence-electron chi connectivity index (χ2n) is 4.55.